The number of hydrogen-bond donors (Lipinski definition) is 1. The smallest absolute Gasteiger partial charge is 0.236 e. The van der Waals surface area contributed by atoms with Crippen molar-refractivity contribution in [3.05, 3.63) is 29.8 Å². The maximum absolute atomic E-state index is 12.6. The van der Waals surface area contributed by atoms with Gasteiger partial charge in [-0.05, 0) is 38.0 Å². The van der Waals surface area contributed by atoms with Crippen molar-refractivity contribution in [2.75, 3.05) is 50.7 Å². The lowest BCUT2D eigenvalue weighted by atomic mass is 9.84. The van der Waals surface area contributed by atoms with Crippen molar-refractivity contribution in [3.8, 4) is 0 Å². The molecule has 2 aliphatic heterocycles. The van der Waals surface area contributed by atoms with Crippen LogP contribution in [-0.4, -0.2) is 72.2 Å². The molecule has 1 amide bonds. The highest BCUT2D eigenvalue weighted by atomic mass is 16.3. The van der Waals surface area contributed by atoms with E-state index >= 15 is 0 Å². The van der Waals surface area contributed by atoms with Gasteiger partial charge in [0.1, 0.15) is 0 Å². The Labute approximate surface area is 151 Å². The van der Waals surface area contributed by atoms with E-state index in [-0.39, 0.29) is 11.8 Å². The maximum atomic E-state index is 12.6. The molecule has 2 aliphatic rings. The third-order valence-corrected chi connectivity index (χ3v) is 5.89. The van der Waals surface area contributed by atoms with Gasteiger partial charge in [0.05, 0.1) is 12.1 Å². The number of piperidine rings is 1. The van der Waals surface area contributed by atoms with Crippen LogP contribution in [0.3, 0.4) is 0 Å². The van der Waals surface area contributed by atoms with Gasteiger partial charge in [0.15, 0.2) is 0 Å². The van der Waals surface area contributed by atoms with Gasteiger partial charge < -0.3 is 14.9 Å². The molecule has 5 heteroatoms. The number of carbonyl (C=O) groups is 1. The molecule has 0 spiro atoms. The molecule has 0 aromatic heterocycles. The third kappa shape index (κ3) is 4.33. The number of piperazine rings is 1. The molecule has 2 saturated heterocycles. The molecule has 1 N–H and O–H groups in total. The minimum absolute atomic E-state index is 0.128. The van der Waals surface area contributed by atoms with Crippen LogP contribution in [0.5, 0.6) is 0 Å². The standard InChI is InChI=1S/C20H31N3O2/c1-16-5-4-6-18(13-16)22-11-9-21(10-12-22)15-19(24)23-8-7-20(3,25)17(2)14-23/h4-6,13,17,25H,7-12,14-15H2,1-3H3/t17-,20+/m1/s1. The van der Waals surface area contributed by atoms with Crippen LogP contribution in [0.25, 0.3) is 0 Å². The second-order valence-electron chi connectivity index (χ2n) is 7.95. The van der Waals surface area contributed by atoms with Gasteiger partial charge in [0, 0.05) is 50.9 Å². The van der Waals surface area contributed by atoms with Crippen molar-refractivity contribution in [2.24, 2.45) is 5.92 Å². The average molecular weight is 345 g/mol. The van der Waals surface area contributed by atoms with Gasteiger partial charge in [-0.1, -0.05) is 19.1 Å². The molecule has 0 unspecified atom stereocenters. The Morgan fingerprint density at radius 1 is 1.24 bits per heavy atom. The van der Waals surface area contributed by atoms with Crippen molar-refractivity contribution in [1.29, 1.82) is 0 Å². The molecular formula is C20H31N3O2. The van der Waals surface area contributed by atoms with Crippen molar-refractivity contribution in [2.45, 2.75) is 32.8 Å². The summed E-state index contributed by atoms with van der Waals surface area (Å²) in [5.74, 6) is 0.328. The molecule has 0 aliphatic carbocycles. The zero-order chi connectivity index (χ0) is 18.0. The fourth-order valence-electron chi connectivity index (χ4n) is 3.73. The number of anilines is 1. The normalized spacial score (nSPS) is 28.2. The Kier molecular flexibility index (Phi) is 5.35. The van der Waals surface area contributed by atoms with E-state index in [9.17, 15) is 9.90 Å². The molecule has 0 saturated carbocycles. The number of hydrogen-bond acceptors (Lipinski definition) is 4. The zero-order valence-electron chi connectivity index (χ0n) is 15.7. The third-order valence-electron chi connectivity index (χ3n) is 5.89. The van der Waals surface area contributed by atoms with Gasteiger partial charge in [-0.3, -0.25) is 9.69 Å². The highest BCUT2D eigenvalue weighted by molar-refractivity contribution is 5.78. The van der Waals surface area contributed by atoms with E-state index in [1.165, 1.54) is 11.3 Å². The fourth-order valence-corrected chi connectivity index (χ4v) is 3.73. The van der Waals surface area contributed by atoms with E-state index < -0.39 is 5.60 Å². The van der Waals surface area contributed by atoms with Crippen LogP contribution < -0.4 is 4.90 Å². The summed E-state index contributed by atoms with van der Waals surface area (Å²) in [6, 6.07) is 8.61. The Bertz CT molecular complexity index is 609. The Morgan fingerprint density at radius 3 is 2.60 bits per heavy atom. The maximum Gasteiger partial charge on any atom is 0.236 e. The summed E-state index contributed by atoms with van der Waals surface area (Å²) >= 11 is 0. The van der Waals surface area contributed by atoms with Crippen LogP contribution in [0.1, 0.15) is 25.8 Å². The topological polar surface area (TPSA) is 47.0 Å². The Morgan fingerprint density at radius 2 is 1.96 bits per heavy atom. The van der Waals surface area contributed by atoms with Crippen molar-refractivity contribution in [1.82, 2.24) is 9.80 Å². The molecule has 2 heterocycles. The molecule has 1 aromatic rings. The van der Waals surface area contributed by atoms with Gasteiger partial charge in [-0.25, -0.2) is 0 Å². The van der Waals surface area contributed by atoms with Gasteiger partial charge in [-0.2, -0.15) is 0 Å². The molecule has 0 bridgehead atoms. The number of aliphatic hydroxyl groups is 1. The highest BCUT2D eigenvalue weighted by Gasteiger charge is 2.36. The van der Waals surface area contributed by atoms with E-state index in [1.807, 2.05) is 18.7 Å². The van der Waals surface area contributed by atoms with Gasteiger partial charge in [0.2, 0.25) is 5.91 Å². The minimum Gasteiger partial charge on any atom is -0.390 e. The van der Waals surface area contributed by atoms with Crippen molar-refractivity contribution in [3.63, 3.8) is 0 Å². The molecule has 138 valence electrons. The lowest BCUT2D eigenvalue weighted by Gasteiger charge is -2.42. The van der Waals surface area contributed by atoms with Gasteiger partial charge >= 0.3 is 0 Å². The first-order valence-corrected chi connectivity index (χ1v) is 9.39. The van der Waals surface area contributed by atoms with E-state index in [4.69, 9.17) is 0 Å². The summed E-state index contributed by atoms with van der Waals surface area (Å²) in [4.78, 5) is 19.2. The molecule has 2 atom stereocenters. The number of likely N-dealkylation sites (tertiary alicyclic amines) is 1. The van der Waals surface area contributed by atoms with Crippen LogP contribution in [0, 0.1) is 12.8 Å². The first kappa shape index (κ1) is 18.2. The lowest BCUT2D eigenvalue weighted by molar-refractivity contribution is -0.139. The summed E-state index contributed by atoms with van der Waals surface area (Å²) in [6.07, 6.45) is 0.668. The number of aryl methyl sites for hydroxylation is 1. The predicted octanol–water partition coefficient (Wildman–Crippen LogP) is 1.74. The molecule has 5 nitrogen and oxygen atoms in total. The van der Waals surface area contributed by atoms with E-state index in [0.29, 0.717) is 26.1 Å². The lowest BCUT2D eigenvalue weighted by Crippen LogP contribution is -2.54. The first-order valence-electron chi connectivity index (χ1n) is 9.39. The average Bonchev–Trinajstić information content (AvgIpc) is 2.58. The van der Waals surface area contributed by atoms with Crippen LogP contribution in [0.4, 0.5) is 5.69 Å². The monoisotopic (exact) mass is 345 g/mol. The highest BCUT2D eigenvalue weighted by Crippen LogP contribution is 2.27. The molecule has 3 rings (SSSR count). The Hall–Kier alpha value is -1.59. The van der Waals surface area contributed by atoms with Gasteiger partial charge in [-0.15, -0.1) is 0 Å². The SMILES string of the molecule is Cc1cccc(N2CCN(CC(=O)N3CC[C@](C)(O)[C@H](C)C3)CC2)c1. The summed E-state index contributed by atoms with van der Waals surface area (Å²) < 4.78 is 0. The molecule has 0 radical (unpaired) electrons. The Balaban J connectivity index is 1.48. The molecule has 1 aromatic carbocycles. The van der Waals surface area contributed by atoms with E-state index in [2.05, 4.69) is 41.0 Å². The minimum atomic E-state index is -0.643. The van der Waals surface area contributed by atoms with Crippen LogP contribution in [0.2, 0.25) is 0 Å². The van der Waals surface area contributed by atoms with Gasteiger partial charge in [0.25, 0.3) is 0 Å². The van der Waals surface area contributed by atoms with Crippen molar-refractivity contribution < 1.29 is 9.90 Å². The second-order valence-corrected chi connectivity index (χ2v) is 7.95. The first-order chi connectivity index (χ1) is 11.8. The van der Waals surface area contributed by atoms with Crippen molar-refractivity contribution >= 4 is 11.6 Å². The number of amides is 1. The summed E-state index contributed by atoms with van der Waals surface area (Å²) in [7, 11) is 0. The molecular weight excluding hydrogens is 314 g/mol. The second kappa shape index (κ2) is 7.34. The number of benzene rings is 1. The summed E-state index contributed by atoms with van der Waals surface area (Å²) in [5.41, 5.74) is 1.92. The quantitative estimate of drug-likeness (QED) is 0.906. The van der Waals surface area contributed by atoms with Crippen LogP contribution in [-0.2, 0) is 4.79 Å². The van der Waals surface area contributed by atoms with Crippen LogP contribution in [0.15, 0.2) is 24.3 Å². The number of nitrogens with zero attached hydrogens (tertiary/aromatic N) is 3. The number of carbonyl (C=O) groups excluding carboxylic acids is 1. The molecule has 25 heavy (non-hydrogen) atoms. The molecule has 2 fully saturated rings. The zero-order valence-corrected chi connectivity index (χ0v) is 15.7. The van der Waals surface area contributed by atoms with E-state index in [1.54, 1.807) is 0 Å². The largest absolute Gasteiger partial charge is 0.390 e. The van der Waals surface area contributed by atoms with E-state index in [0.717, 1.165) is 26.2 Å². The predicted molar refractivity (Wildman–Crippen MR) is 101 cm³/mol. The number of rotatable bonds is 3. The summed E-state index contributed by atoms with van der Waals surface area (Å²) in [5, 5.41) is 10.3. The fraction of sp³-hybridized carbons (Fsp3) is 0.650. The van der Waals surface area contributed by atoms with Crippen LogP contribution >= 0.6 is 0 Å². The summed E-state index contributed by atoms with van der Waals surface area (Å²) in [6.45, 7) is 11.6.